The molecule has 0 fully saturated rings. The summed E-state index contributed by atoms with van der Waals surface area (Å²) in [6, 6.07) is -0.145. The van der Waals surface area contributed by atoms with E-state index in [2.05, 4.69) is 20.6 Å². The number of aromatic nitrogens is 2. The lowest BCUT2D eigenvalue weighted by atomic mass is 10.1. The van der Waals surface area contributed by atoms with Gasteiger partial charge in [-0.05, 0) is 12.8 Å². The molecule has 2 atom stereocenters. The summed E-state index contributed by atoms with van der Waals surface area (Å²) in [5, 5.41) is 25.6. The summed E-state index contributed by atoms with van der Waals surface area (Å²) in [5.74, 6) is 0.256. The van der Waals surface area contributed by atoms with E-state index in [1.165, 1.54) is 6.33 Å². The summed E-state index contributed by atoms with van der Waals surface area (Å²) in [6.45, 7) is 3.65. The molecule has 1 rings (SSSR count). The molecular weight excluding hydrogens is 238 g/mol. The van der Waals surface area contributed by atoms with Crippen molar-refractivity contribution in [3.63, 3.8) is 0 Å². The van der Waals surface area contributed by atoms with Gasteiger partial charge in [-0.15, -0.1) is 0 Å². The summed E-state index contributed by atoms with van der Waals surface area (Å²) in [5.41, 5.74) is -0.197. The molecule has 0 saturated carbocycles. The maximum Gasteiger partial charge on any atom is 0.353 e. The Morgan fingerprint density at radius 2 is 2.06 bits per heavy atom. The SMILES string of the molecule is CNc1ncnc(NC(C)C(C)CO)c1[N+](=O)[O-]. The van der Waals surface area contributed by atoms with Gasteiger partial charge in [0, 0.05) is 19.7 Å². The number of nitro groups is 1. The molecule has 0 spiro atoms. The van der Waals surface area contributed by atoms with E-state index in [1.54, 1.807) is 7.05 Å². The normalized spacial score (nSPS) is 13.8. The molecule has 3 N–H and O–H groups in total. The number of hydrogen-bond acceptors (Lipinski definition) is 7. The molecule has 0 amide bonds. The fourth-order valence-electron chi connectivity index (χ4n) is 1.36. The first-order valence-electron chi connectivity index (χ1n) is 5.55. The Balaban J connectivity index is 3.05. The highest BCUT2D eigenvalue weighted by molar-refractivity contribution is 5.69. The highest BCUT2D eigenvalue weighted by Gasteiger charge is 2.24. The number of aliphatic hydroxyl groups is 1. The van der Waals surface area contributed by atoms with Crippen LogP contribution in [0, 0.1) is 16.0 Å². The van der Waals surface area contributed by atoms with E-state index in [4.69, 9.17) is 5.11 Å². The average Bonchev–Trinajstić information content (AvgIpc) is 2.36. The highest BCUT2D eigenvalue weighted by atomic mass is 16.6. The molecule has 0 aliphatic rings. The fourth-order valence-corrected chi connectivity index (χ4v) is 1.36. The van der Waals surface area contributed by atoms with E-state index >= 15 is 0 Å². The zero-order valence-corrected chi connectivity index (χ0v) is 10.5. The van der Waals surface area contributed by atoms with Crippen molar-refractivity contribution in [1.82, 2.24) is 9.97 Å². The molecule has 2 unspecified atom stereocenters. The second-order valence-corrected chi connectivity index (χ2v) is 4.02. The smallest absolute Gasteiger partial charge is 0.353 e. The van der Waals surface area contributed by atoms with Gasteiger partial charge in [-0.25, -0.2) is 9.97 Å². The Labute approximate surface area is 105 Å². The van der Waals surface area contributed by atoms with Gasteiger partial charge in [0.15, 0.2) is 0 Å². The van der Waals surface area contributed by atoms with Crippen LogP contribution in [0.1, 0.15) is 13.8 Å². The lowest BCUT2D eigenvalue weighted by Crippen LogP contribution is -2.27. The molecule has 0 bridgehead atoms. The van der Waals surface area contributed by atoms with Gasteiger partial charge in [0.25, 0.3) is 0 Å². The predicted octanol–water partition coefficient (Wildman–Crippen LogP) is 0.855. The van der Waals surface area contributed by atoms with Crippen LogP contribution in [-0.2, 0) is 0 Å². The molecule has 0 aliphatic carbocycles. The number of anilines is 2. The first-order chi connectivity index (χ1) is 8.51. The first-order valence-corrected chi connectivity index (χ1v) is 5.55. The summed E-state index contributed by atoms with van der Waals surface area (Å²) in [7, 11) is 1.55. The van der Waals surface area contributed by atoms with Crippen molar-refractivity contribution in [3.8, 4) is 0 Å². The van der Waals surface area contributed by atoms with Gasteiger partial charge in [0.1, 0.15) is 6.33 Å². The third kappa shape index (κ3) is 3.04. The fraction of sp³-hybridized carbons (Fsp3) is 0.600. The first kappa shape index (κ1) is 14.1. The maximum atomic E-state index is 11.0. The van der Waals surface area contributed by atoms with Gasteiger partial charge >= 0.3 is 5.69 Å². The van der Waals surface area contributed by atoms with Crippen LogP contribution in [-0.4, -0.2) is 39.7 Å². The third-order valence-corrected chi connectivity index (χ3v) is 2.75. The molecule has 100 valence electrons. The lowest BCUT2D eigenvalue weighted by molar-refractivity contribution is -0.383. The van der Waals surface area contributed by atoms with Crippen molar-refractivity contribution >= 4 is 17.3 Å². The number of nitrogens with zero attached hydrogens (tertiary/aromatic N) is 3. The Kier molecular flexibility index (Phi) is 4.78. The number of rotatable bonds is 6. The molecule has 18 heavy (non-hydrogen) atoms. The minimum atomic E-state index is -0.537. The monoisotopic (exact) mass is 255 g/mol. The number of nitrogens with one attached hydrogen (secondary N) is 2. The summed E-state index contributed by atoms with van der Waals surface area (Å²) in [4.78, 5) is 18.2. The van der Waals surface area contributed by atoms with Crippen molar-refractivity contribution in [3.05, 3.63) is 16.4 Å². The predicted molar refractivity (Wildman–Crippen MR) is 67.6 cm³/mol. The molecule has 0 aromatic carbocycles. The minimum Gasteiger partial charge on any atom is -0.396 e. The largest absolute Gasteiger partial charge is 0.396 e. The van der Waals surface area contributed by atoms with Crippen molar-refractivity contribution in [2.45, 2.75) is 19.9 Å². The van der Waals surface area contributed by atoms with Crippen molar-refractivity contribution in [2.24, 2.45) is 5.92 Å². The Hall–Kier alpha value is -1.96. The van der Waals surface area contributed by atoms with Crippen LogP contribution in [0.4, 0.5) is 17.3 Å². The Morgan fingerprint density at radius 1 is 1.44 bits per heavy atom. The lowest BCUT2D eigenvalue weighted by Gasteiger charge is -2.19. The molecule has 1 heterocycles. The topological polar surface area (TPSA) is 113 Å². The third-order valence-electron chi connectivity index (χ3n) is 2.75. The Bertz CT molecular complexity index is 426. The molecule has 0 saturated heterocycles. The zero-order valence-electron chi connectivity index (χ0n) is 10.5. The minimum absolute atomic E-state index is 0.00800. The van der Waals surface area contributed by atoms with Crippen LogP contribution in [0.2, 0.25) is 0 Å². The summed E-state index contributed by atoms with van der Waals surface area (Å²) < 4.78 is 0. The molecule has 8 heteroatoms. The maximum absolute atomic E-state index is 11.0. The van der Waals surface area contributed by atoms with Crippen LogP contribution in [0.5, 0.6) is 0 Å². The average molecular weight is 255 g/mol. The van der Waals surface area contributed by atoms with E-state index in [0.29, 0.717) is 0 Å². The van der Waals surface area contributed by atoms with Crippen LogP contribution in [0.3, 0.4) is 0 Å². The van der Waals surface area contributed by atoms with Crippen LogP contribution < -0.4 is 10.6 Å². The molecular formula is C10H17N5O3. The van der Waals surface area contributed by atoms with Gasteiger partial charge in [-0.3, -0.25) is 10.1 Å². The number of aliphatic hydroxyl groups excluding tert-OH is 1. The second kappa shape index (κ2) is 6.10. The van der Waals surface area contributed by atoms with E-state index in [1.807, 2.05) is 13.8 Å². The quantitative estimate of drug-likeness (QED) is 0.510. The second-order valence-electron chi connectivity index (χ2n) is 4.02. The van der Waals surface area contributed by atoms with Crippen molar-refractivity contribution < 1.29 is 10.0 Å². The van der Waals surface area contributed by atoms with Gasteiger partial charge in [-0.1, -0.05) is 6.92 Å². The van der Waals surface area contributed by atoms with E-state index in [0.717, 1.165) is 0 Å². The van der Waals surface area contributed by atoms with Crippen LogP contribution in [0.25, 0.3) is 0 Å². The van der Waals surface area contributed by atoms with E-state index in [-0.39, 0.29) is 35.9 Å². The highest BCUT2D eigenvalue weighted by Crippen LogP contribution is 2.29. The molecule has 8 nitrogen and oxygen atoms in total. The number of hydrogen-bond donors (Lipinski definition) is 3. The van der Waals surface area contributed by atoms with E-state index in [9.17, 15) is 10.1 Å². The molecule has 1 aromatic rings. The standard InChI is InChI=1S/C10H17N5O3/c1-6(4-16)7(2)14-10-8(15(17)18)9(11-3)12-5-13-10/h5-7,16H,4H2,1-3H3,(H2,11,12,13,14). The molecule has 0 radical (unpaired) electrons. The van der Waals surface area contributed by atoms with Gasteiger partial charge < -0.3 is 15.7 Å². The van der Waals surface area contributed by atoms with Crippen molar-refractivity contribution in [2.75, 3.05) is 24.3 Å². The summed E-state index contributed by atoms with van der Waals surface area (Å²) >= 11 is 0. The van der Waals surface area contributed by atoms with Crippen LogP contribution >= 0.6 is 0 Å². The molecule has 0 aliphatic heterocycles. The van der Waals surface area contributed by atoms with Gasteiger partial charge in [-0.2, -0.15) is 0 Å². The van der Waals surface area contributed by atoms with Crippen LogP contribution in [0.15, 0.2) is 6.33 Å². The molecule has 1 aromatic heterocycles. The van der Waals surface area contributed by atoms with Gasteiger partial charge in [0.05, 0.1) is 4.92 Å². The van der Waals surface area contributed by atoms with Crippen molar-refractivity contribution in [1.29, 1.82) is 0 Å². The Morgan fingerprint density at radius 3 is 2.56 bits per heavy atom. The van der Waals surface area contributed by atoms with E-state index < -0.39 is 4.92 Å². The van der Waals surface area contributed by atoms with Gasteiger partial charge in [0.2, 0.25) is 11.6 Å². The summed E-state index contributed by atoms with van der Waals surface area (Å²) in [6.07, 6.45) is 1.25. The zero-order chi connectivity index (χ0) is 13.7.